The van der Waals surface area contributed by atoms with Crippen molar-refractivity contribution in [2.75, 3.05) is 7.11 Å². The predicted molar refractivity (Wildman–Crippen MR) is 110 cm³/mol. The van der Waals surface area contributed by atoms with Crippen LogP contribution in [0.2, 0.25) is 0 Å². The maximum Gasteiger partial charge on any atom is 0.358 e. The molecule has 0 spiro atoms. The van der Waals surface area contributed by atoms with Gasteiger partial charge in [0.25, 0.3) is 0 Å². The Kier molecular flexibility index (Phi) is 5.43. The Morgan fingerprint density at radius 1 is 0.933 bits per heavy atom. The van der Waals surface area contributed by atoms with Crippen molar-refractivity contribution in [1.82, 2.24) is 15.0 Å². The molecule has 0 saturated heterocycles. The van der Waals surface area contributed by atoms with Gasteiger partial charge in [0.2, 0.25) is 0 Å². The van der Waals surface area contributed by atoms with Gasteiger partial charge in [0.1, 0.15) is 6.61 Å². The van der Waals surface area contributed by atoms with Crippen LogP contribution in [0.15, 0.2) is 73.2 Å². The van der Waals surface area contributed by atoms with Gasteiger partial charge < -0.3 is 9.47 Å². The molecule has 148 valence electrons. The summed E-state index contributed by atoms with van der Waals surface area (Å²) in [6.07, 6.45) is 4.17. The Morgan fingerprint density at radius 2 is 1.70 bits per heavy atom. The van der Waals surface area contributed by atoms with Crippen molar-refractivity contribution in [1.29, 1.82) is 0 Å². The lowest BCUT2D eigenvalue weighted by Gasteiger charge is -2.16. The van der Waals surface area contributed by atoms with Crippen molar-refractivity contribution in [3.63, 3.8) is 0 Å². The summed E-state index contributed by atoms with van der Waals surface area (Å²) in [4.78, 5) is 37.5. The number of ether oxygens (including phenoxy) is 2. The van der Waals surface area contributed by atoms with E-state index in [-0.39, 0.29) is 17.9 Å². The van der Waals surface area contributed by atoms with E-state index in [1.54, 1.807) is 0 Å². The van der Waals surface area contributed by atoms with Gasteiger partial charge in [0.15, 0.2) is 5.69 Å². The SMILES string of the molecule is COC(=O)c1c(COC(=O)c2cnccn2)nc2ccccc2c1-c1ccccc1. The highest BCUT2D eigenvalue weighted by atomic mass is 16.5. The highest BCUT2D eigenvalue weighted by molar-refractivity contribution is 6.07. The van der Waals surface area contributed by atoms with E-state index in [2.05, 4.69) is 15.0 Å². The normalized spacial score (nSPS) is 10.6. The van der Waals surface area contributed by atoms with Crippen LogP contribution in [-0.2, 0) is 16.1 Å². The van der Waals surface area contributed by atoms with Crippen molar-refractivity contribution in [2.24, 2.45) is 0 Å². The molecule has 7 nitrogen and oxygen atoms in total. The van der Waals surface area contributed by atoms with Gasteiger partial charge in [-0.1, -0.05) is 48.5 Å². The second-order valence-electron chi connectivity index (χ2n) is 6.35. The lowest BCUT2D eigenvalue weighted by molar-refractivity contribution is 0.0449. The van der Waals surface area contributed by atoms with Crippen LogP contribution in [0.5, 0.6) is 0 Å². The molecule has 0 unspecified atom stereocenters. The van der Waals surface area contributed by atoms with Crippen LogP contribution < -0.4 is 0 Å². The minimum absolute atomic E-state index is 0.0705. The van der Waals surface area contributed by atoms with Gasteiger partial charge in [-0.25, -0.2) is 19.6 Å². The van der Waals surface area contributed by atoms with Crippen LogP contribution in [0, 0.1) is 0 Å². The zero-order chi connectivity index (χ0) is 20.9. The number of hydrogen-bond acceptors (Lipinski definition) is 7. The first-order valence-electron chi connectivity index (χ1n) is 9.17. The van der Waals surface area contributed by atoms with Gasteiger partial charge in [0.05, 0.1) is 30.1 Å². The van der Waals surface area contributed by atoms with E-state index in [9.17, 15) is 9.59 Å². The van der Waals surface area contributed by atoms with Crippen molar-refractivity contribution in [2.45, 2.75) is 6.61 Å². The molecule has 0 aliphatic rings. The number of esters is 2. The van der Waals surface area contributed by atoms with E-state index in [0.29, 0.717) is 16.8 Å². The first-order chi connectivity index (χ1) is 14.7. The van der Waals surface area contributed by atoms with Gasteiger partial charge in [-0.2, -0.15) is 0 Å². The molecule has 30 heavy (non-hydrogen) atoms. The Hall–Kier alpha value is -4.13. The maximum atomic E-state index is 12.8. The van der Waals surface area contributed by atoms with E-state index < -0.39 is 11.9 Å². The molecule has 0 radical (unpaired) electrons. The largest absolute Gasteiger partial charge is 0.465 e. The molecule has 2 aromatic carbocycles. The van der Waals surface area contributed by atoms with E-state index in [0.717, 1.165) is 10.9 Å². The molecule has 0 amide bonds. The molecule has 0 fully saturated rings. The fourth-order valence-corrected chi connectivity index (χ4v) is 3.21. The average molecular weight is 399 g/mol. The summed E-state index contributed by atoms with van der Waals surface area (Å²) in [7, 11) is 1.31. The number of rotatable bonds is 5. The highest BCUT2D eigenvalue weighted by Gasteiger charge is 2.24. The number of benzene rings is 2. The second-order valence-corrected chi connectivity index (χ2v) is 6.35. The number of carbonyl (C=O) groups excluding carboxylic acids is 2. The molecule has 0 atom stereocenters. The van der Waals surface area contributed by atoms with E-state index in [4.69, 9.17) is 9.47 Å². The summed E-state index contributed by atoms with van der Waals surface area (Å²) in [5.41, 5.74) is 2.82. The Labute approximate surface area is 172 Å². The quantitative estimate of drug-likeness (QED) is 0.471. The van der Waals surface area contributed by atoms with Crippen molar-refractivity contribution in [3.8, 4) is 11.1 Å². The highest BCUT2D eigenvalue weighted by Crippen LogP contribution is 2.34. The standard InChI is InChI=1S/C23H17N3O4/c1-29-23(28)21-19(14-30-22(27)18-13-24-11-12-25-18)26-17-10-6-5-9-16(17)20(21)15-7-3-2-4-8-15/h2-13H,14H2,1H3. The zero-order valence-corrected chi connectivity index (χ0v) is 16.1. The number of nitrogens with zero attached hydrogens (tertiary/aromatic N) is 3. The van der Waals surface area contributed by atoms with Crippen molar-refractivity contribution in [3.05, 3.63) is 90.1 Å². The van der Waals surface area contributed by atoms with Crippen LogP contribution in [0.4, 0.5) is 0 Å². The van der Waals surface area contributed by atoms with Crippen molar-refractivity contribution < 1.29 is 19.1 Å². The molecule has 4 aromatic rings. The van der Waals surface area contributed by atoms with Crippen LogP contribution in [0.3, 0.4) is 0 Å². The van der Waals surface area contributed by atoms with Gasteiger partial charge in [-0.05, 0) is 11.6 Å². The summed E-state index contributed by atoms with van der Waals surface area (Å²) in [6, 6.07) is 17.0. The zero-order valence-electron chi connectivity index (χ0n) is 16.1. The summed E-state index contributed by atoms with van der Waals surface area (Å²) in [6.45, 7) is -0.218. The van der Waals surface area contributed by atoms with E-state index in [1.807, 2.05) is 54.6 Å². The van der Waals surface area contributed by atoms with Gasteiger partial charge in [-0.3, -0.25) is 4.98 Å². The predicted octanol–water partition coefficient (Wildman–Crippen LogP) is 3.84. The number of para-hydroxylation sites is 1. The first-order valence-corrected chi connectivity index (χ1v) is 9.17. The van der Waals surface area contributed by atoms with E-state index in [1.165, 1.54) is 25.7 Å². The molecule has 2 heterocycles. The van der Waals surface area contributed by atoms with Gasteiger partial charge in [-0.15, -0.1) is 0 Å². The van der Waals surface area contributed by atoms with Crippen molar-refractivity contribution >= 4 is 22.8 Å². The lowest BCUT2D eigenvalue weighted by Crippen LogP contribution is -2.14. The summed E-state index contributed by atoms with van der Waals surface area (Å²) in [5.74, 6) is -1.22. The number of methoxy groups -OCH3 is 1. The minimum Gasteiger partial charge on any atom is -0.465 e. The second kappa shape index (κ2) is 8.48. The fraction of sp³-hybridized carbons (Fsp3) is 0.0870. The lowest BCUT2D eigenvalue weighted by atomic mass is 9.94. The molecular formula is C23H17N3O4. The molecule has 0 saturated carbocycles. The molecule has 2 aromatic heterocycles. The monoisotopic (exact) mass is 399 g/mol. The molecule has 0 bridgehead atoms. The molecule has 4 rings (SSSR count). The topological polar surface area (TPSA) is 91.3 Å². The molecule has 0 aliphatic carbocycles. The summed E-state index contributed by atoms with van der Waals surface area (Å²) < 4.78 is 10.4. The fourth-order valence-electron chi connectivity index (χ4n) is 3.21. The molecule has 0 N–H and O–H groups in total. The Balaban J connectivity index is 1.84. The van der Waals surface area contributed by atoms with Gasteiger partial charge in [0, 0.05) is 23.3 Å². The minimum atomic E-state index is -0.657. The number of carbonyl (C=O) groups is 2. The van der Waals surface area contributed by atoms with Gasteiger partial charge >= 0.3 is 11.9 Å². The third kappa shape index (κ3) is 3.73. The number of pyridine rings is 1. The third-order valence-corrected chi connectivity index (χ3v) is 4.53. The average Bonchev–Trinajstić information content (AvgIpc) is 2.82. The van der Waals surface area contributed by atoms with Crippen LogP contribution in [0.25, 0.3) is 22.0 Å². The van der Waals surface area contributed by atoms with Crippen LogP contribution >= 0.6 is 0 Å². The number of hydrogen-bond donors (Lipinski definition) is 0. The molecule has 0 aliphatic heterocycles. The maximum absolute atomic E-state index is 12.8. The number of aromatic nitrogens is 3. The Bertz CT molecular complexity index is 1210. The first kappa shape index (κ1) is 19.2. The smallest absolute Gasteiger partial charge is 0.358 e. The molecule has 7 heteroatoms. The summed E-state index contributed by atoms with van der Waals surface area (Å²) >= 11 is 0. The van der Waals surface area contributed by atoms with Crippen LogP contribution in [0.1, 0.15) is 26.5 Å². The number of fused-ring (bicyclic) bond motifs is 1. The van der Waals surface area contributed by atoms with Crippen LogP contribution in [-0.4, -0.2) is 34.0 Å². The van der Waals surface area contributed by atoms with E-state index >= 15 is 0 Å². The Morgan fingerprint density at radius 3 is 2.43 bits per heavy atom. The third-order valence-electron chi connectivity index (χ3n) is 4.53. The summed E-state index contributed by atoms with van der Waals surface area (Å²) in [5, 5.41) is 0.799. The molecular weight excluding hydrogens is 382 g/mol.